The Labute approximate surface area is 137 Å². The largest absolute Gasteiger partial charge is 0.469 e. The number of rotatable bonds is 5. The second-order valence-corrected chi connectivity index (χ2v) is 5.17. The highest BCUT2D eigenvalue weighted by atomic mass is 16.6. The maximum atomic E-state index is 12.0. The number of nitrogens with one attached hydrogen (secondary N) is 1. The molecule has 1 amide bonds. The van der Waals surface area contributed by atoms with Gasteiger partial charge < -0.3 is 14.5 Å². The number of nitro benzene ring substituents is 1. The predicted octanol–water partition coefficient (Wildman–Crippen LogP) is 2.91. The van der Waals surface area contributed by atoms with Gasteiger partial charge in [0.1, 0.15) is 17.0 Å². The lowest BCUT2D eigenvalue weighted by atomic mass is 10.1. The second kappa shape index (κ2) is 6.95. The van der Waals surface area contributed by atoms with Crippen molar-refractivity contribution in [3.63, 3.8) is 0 Å². The van der Waals surface area contributed by atoms with Gasteiger partial charge in [0.05, 0.1) is 11.2 Å². The van der Waals surface area contributed by atoms with E-state index in [2.05, 4.69) is 5.32 Å². The summed E-state index contributed by atoms with van der Waals surface area (Å²) in [7, 11) is 0. The van der Waals surface area contributed by atoms with Crippen molar-refractivity contribution in [2.45, 2.75) is 20.8 Å². The first-order valence-corrected chi connectivity index (χ1v) is 7.07. The van der Waals surface area contributed by atoms with Gasteiger partial charge in [-0.1, -0.05) is 6.07 Å². The number of amides is 1. The Bertz CT molecular complexity index is 809. The average molecular weight is 332 g/mol. The van der Waals surface area contributed by atoms with Crippen LogP contribution in [0.2, 0.25) is 0 Å². The van der Waals surface area contributed by atoms with E-state index in [0.29, 0.717) is 11.3 Å². The summed E-state index contributed by atoms with van der Waals surface area (Å²) in [5, 5.41) is 13.5. The zero-order valence-corrected chi connectivity index (χ0v) is 13.4. The molecule has 0 saturated carbocycles. The normalized spacial score (nSPS) is 10.3. The third-order valence-electron chi connectivity index (χ3n) is 3.59. The molecule has 0 spiro atoms. The van der Waals surface area contributed by atoms with Crippen LogP contribution in [0.25, 0.3) is 0 Å². The molecule has 0 atom stereocenters. The van der Waals surface area contributed by atoms with E-state index in [0.717, 1.165) is 5.56 Å². The lowest BCUT2D eigenvalue weighted by Gasteiger charge is -2.11. The van der Waals surface area contributed by atoms with E-state index in [1.165, 1.54) is 18.4 Å². The molecule has 1 aromatic carbocycles. The van der Waals surface area contributed by atoms with E-state index in [1.54, 1.807) is 26.8 Å². The maximum absolute atomic E-state index is 12.0. The number of furan rings is 1. The number of nitro groups is 1. The van der Waals surface area contributed by atoms with Gasteiger partial charge in [0.25, 0.3) is 11.6 Å². The van der Waals surface area contributed by atoms with Crippen molar-refractivity contribution in [1.82, 2.24) is 0 Å². The average Bonchev–Trinajstić information content (AvgIpc) is 2.95. The van der Waals surface area contributed by atoms with E-state index in [1.807, 2.05) is 0 Å². The summed E-state index contributed by atoms with van der Waals surface area (Å²) in [4.78, 5) is 34.3. The van der Waals surface area contributed by atoms with Crippen LogP contribution in [0, 0.1) is 30.9 Å². The fourth-order valence-corrected chi connectivity index (χ4v) is 2.09. The number of benzene rings is 1. The van der Waals surface area contributed by atoms with Crippen LogP contribution >= 0.6 is 0 Å². The predicted molar refractivity (Wildman–Crippen MR) is 84.9 cm³/mol. The third-order valence-corrected chi connectivity index (χ3v) is 3.59. The summed E-state index contributed by atoms with van der Waals surface area (Å²) >= 11 is 0. The molecular weight excluding hydrogens is 316 g/mol. The molecule has 0 aliphatic heterocycles. The second-order valence-electron chi connectivity index (χ2n) is 5.17. The van der Waals surface area contributed by atoms with Crippen molar-refractivity contribution in [3.05, 3.63) is 57.0 Å². The van der Waals surface area contributed by atoms with Crippen LogP contribution in [0.1, 0.15) is 27.2 Å². The molecule has 1 heterocycles. The summed E-state index contributed by atoms with van der Waals surface area (Å²) < 4.78 is 9.87. The summed E-state index contributed by atoms with van der Waals surface area (Å²) in [6.07, 6.45) is 1.34. The van der Waals surface area contributed by atoms with Gasteiger partial charge in [0.2, 0.25) is 0 Å². The molecule has 1 N–H and O–H groups in total. The molecular formula is C16H16N2O6. The first kappa shape index (κ1) is 17.2. The Morgan fingerprint density at radius 3 is 2.54 bits per heavy atom. The smallest absolute Gasteiger partial charge is 0.342 e. The summed E-state index contributed by atoms with van der Waals surface area (Å²) in [5.41, 5.74) is 1.47. The van der Waals surface area contributed by atoms with Crippen molar-refractivity contribution >= 4 is 23.3 Å². The van der Waals surface area contributed by atoms with E-state index < -0.39 is 23.4 Å². The number of hydrogen-bond acceptors (Lipinski definition) is 6. The molecule has 0 aliphatic carbocycles. The minimum Gasteiger partial charge on any atom is -0.469 e. The van der Waals surface area contributed by atoms with Crippen molar-refractivity contribution in [3.8, 4) is 0 Å². The molecule has 0 fully saturated rings. The molecule has 1 aromatic heterocycles. The van der Waals surface area contributed by atoms with Crippen LogP contribution in [0.3, 0.4) is 0 Å². The topological polar surface area (TPSA) is 112 Å². The van der Waals surface area contributed by atoms with Crippen LogP contribution in [-0.4, -0.2) is 23.4 Å². The zero-order valence-electron chi connectivity index (χ0n) is 13.4. The molecule has 126 valence electrons. The van der Waals surface area contributed by atoms with Crippen molar-refractivity contribution < 1.29 is 23.7 Å². The summed E-state index contributed by atoms with van der Waals surface area (Å²) in [6.45, 7) is 4.47. The molecule has 8 nitrogen and oxygen atoms in total. The van der Waals surface area contributed by atoms with Crippen LogP contribution in [0.4, 0.5) is 11.4 Å². The SMILES string of the molecule is Cc1ccc([N+](=O)[O-])c(NC(=O)COC(=O)c2ccoc2C)c1C. The monoisotopic (exact) mass is 332 g/mol. The number of ether oxygens (including phenoxy) is 1. The fraction of sp³-hybridized carbons (Fsp3) is 0.250. The van der Waals surface area contributed by atoms with Crippen LogP contribution in [0.5, 0.6) is 0 Å². The van der Waals surface area contributed by atoms with Gasteiger partial charge in [-0.05, 0) is 38.0 Å². The van der Waals surface area contributed by atoms with Gasteiger partial charge in [-0.2, -0.15) is 0 Å². The number of carbonyl (C=O) groups excluding carboxylic acids is 2. The van der Waals surface area contributed by atoms with E-state index in [-0.39, 0.29) is 16.9 Å². The van der Waals surface area contributed by atoms with Crippen LogP contribution in [0.15, 0.2) is 28.9 Å². The Morgan fingerprint density at radius 1 is 1.25 bits per heavy atom. The number of carbonyl (C=O) groups is 2. The van der Waals surface area contributed by atoms with Crippen LogP contribution in [-0.2, 0) is 9.53 Å². The minimum atomic E-state index is -0.702. The van der Waals surface area contributed by atoms with Crippen molar-refractivity contribution in [2.24, 2.45) is 0 Å². The van der Waals surface area contributed by atoms with Gasteiger partial charge in [-0.25, -0.2) is 4.79 Å². The molecule has 0 unspecified atom stereocenters. The third kappa shape index (κ3) is 3.60. The van der Waals surface area contributed by atoms with E-state index in [4.69, 9.17) is 9.15 Å². The number of hydrogen-bond donors (Lipinski definition) is 1. The molecule has 0 saturated heterocycles. The standard InChI is InChI=1S/C16H16N2O6/c1-9-4-5-13(18(21)22)15(10(9)2)17-14(19)8-24-16(20)12-6-7-23-11(12)3/h4-7H,8H2,1-3H3,(H,17,19). The molecule has 0 aliphatic rings. The number of esters is 1. The Kier molecular flexibility index (Phi) is 4.98. The number of nitrogens with zero attached hydrogens (tertiary/aromatic N) is 1. The highest BCUT2D eigenvalue weighted by Gasteiger charge is 2.20. The quantitative estimate of drug-likeness (QED) is 0.512. The molecule has 0 bridgehead atoms. The van der Waals surface area contributed by atoms with Crippen molar-refractivity contribution in [2.75, 3.05) is 11.9 Å². The Balaban J connectivity index is 2.08. The molecule has 24 heavy (non-hydrogen) atoms. The highest BCUT2D eigenvalue weighted by Crippen LogP contribution is 2.30. The fourth-order valence-electron chi connectivity index (χ4n) is 2.09. The van der Waals surface area contributed by atoms with Gasteiger partial charge in [-0.15, -0.1) is 0 Å². The first-order valence-electron chi connectivity index (χ1n) is 7.07. The molecule has 2 rings (SSSR count). The van der Waals surface area contributed by atoms with Gasteiger partial charge in [0.15, 0.2) is 6.61 Å². The molecule has 2 aromatic rings. The lowest BCUT2D eigenvalue weighted by molar-refractivity contribution is -0.384. The van der Waals surface area contributed by atoms with E-state index >= 15 is 0 Å². The van der Waals surface area contributed by atoms with E-state index in [9.17, 15) is 19.7 Å². The lowest BCUT2D eigenvalue weighted by Crippen LogP contribution is -2.22. The van der Waals surface area contributed by atoms with Gasteiger partial charge >= 0.3 is 5.97 Å². The molecule has 8 heteroatoms. The van der Waals surface area contributed by atoms with Crippen molar-refractivity contribution in [1.29, 1.82) is 0 Å². The van der Waals surface area contributed by atoms with Crippen LogP contribution < -0.4 is 5.32 Å². The Hall–Kier alpha value is -3.16. The Morgan fingerprint density at radius 2 is 1.96 bits per heavy atom. The highest BCUT2D eigenvalue weighted by molar-refractivity contribution is 5.97. The maximum Gasteiger partial charge on any atom is 0.342 e. The number of aryl methyl sites for hydroxylation is 2. The van der Waals surface area contributed by atoms with Gasteiger partial charge in [0, 0.05) is 6.07 Å². The first-order chi connectivity index (χ1) is 11.3. The molecule has 0 radical (unpaired) electrons. The summed E-state index contributed by atoms with van der Waals surface area (Å²) in [5.74, 6) is -0.987. The van der Waals surface area contributed by atoms with Gasteiger partial charge in [-0.3, -0.25) is 14.9 Å². The minimum absolute atomic E-state index is 0.0977. The zero-order chi connectivity index (χ0) is 17.9. The summed E-state index contributed by atoms with van der Waals surface area (Å²) in [6, 6.07) is 4.36. The number of anilines is 1.